The molecule has 3 heterocycles. The van der Waals surface area contributed by atoms with Gasteiger partial charge in [-0.25, -0.2) is 9.50 Å². The maximum Gasteiger partial charge on any atom is 0.166 e. The van der Waals surface area contributed by atoms with Crippen molar-refractivity contribution in [1.82, 2.24) is 14.6 Å². The third kappa shape index (κ3) is 1.95. The zero-order chi connectivity index (χ0) is 11.7. The van der Waals surface area contributed by atoms with E-state index in [1.165, 1.54) is 12.2 Å². The molecule has 2 aromatic rings. The molecule has 5 heteroatoms. The summed E-state index contributed by atoms with van der Waals surface area (Å²) >= 11 is 1.96. The summed E-state index contributed by atoms with van der Waals surface area (Å²) in [6, 6.07) is 3.60. The van der Waals surface area contributed by atoms with E-state index >= 15 is 0 Å². The molecule has 0 bridgehead atoms. The van der Waals surface area contributed by atoms with Gasteiger partial charge in [-0.2, -0.15) is 16.9 Å². The second-order valence-electron chi connectivity index (χ2n) is 4.23. The minimum Gasteiger partial charge on any atom is -0.298 e. The molecule has 1 aliphatic heterocycles. The number of aldehydes is 1. The Balaban J connectivity index is 2.03. The van der Waals surface area contributed by atoms with Gasteiger partial charge >= 0.3 is 0 Å². The third-order valence-electron chi connectivity index (χ3n) is 3.06. The first kappa shape index (κ1) is 10.8. The molecule has 0 spiro atoms. The van der Waals surface area contributed by atoms with E-state index in [9.17, 15) is 4.79 Å². The molecule has 0 saturated carbocycles. The minimum atomic E-state index is 0.438. The van der Waals surface area contributed by atoms with Crippen LogP contribution in [0.4, 0.5) is 0 Å². The van der Waals surface area contributed by atoms with E-state index in [0.717, 1.165) is 24.3 Å². The van der Waals surface area contributed by atoms with Gasteiger partial charge in [0.2, 0.25) is 0 Å². The average Bonchev–Trinajstić information content (AvgIpc) is 2.83. The summed E-state index contributed by atoms with van der Waals surface area (Å²) in [6.45, 7) is 0. The summed E-state index contributed by atoms with van der Waals surface area (Å²) in [5.74, 6) is 3.65. The molecule has 0 aromatic carbocycles. The fraction of sp³-hybridized carbons (Fsp3) is 0.417. The van der Waals surface area contributed by atoms with Gasteiger partial charge in [-0.3, -0.25) is 4.79 Å². The van der Waals surface area contributed by atoms with Crippen LogP contribution in [0.3, 0.4) is 0 Å². The van der Waals surface area contributed by atoms with Crippen molar-refractivity contribution in [3.63, 3.8) is 0 Å². The summed E-state index contributed by atoms with van der Waals surface area (Å²) < 4.78 is 1.71. The number of fused-ring (bicyclic) bond motifs is 1. The number of nitrogens with zero attached hydrogens (tertiary/aromatic N) is 3. The van der Waals surface area contributed by atoms with Gasteiger partial charge < -0.3 is 0 Å². The summed E-state index contributed by atoms with van der Waals surface area (Å²) in [4.78, 5) is 15.4. The van der Waals surface area contributed by atoms with E-state index in [4.69, 9.17) is 0 Å². The van der Waals surface area contributed by atoms with E-state index < -0.39 is 0 Å². The van der Waals surface area contributed by atoms with Crippen molar-refractivity contribution in [2.75, 3.05) is 11.5 Å². The largest absolute Gasteiger partial charge is 0.298 e. The van der Waals surface area contributed by atoms with Gasteiger partial charge in [0.1, 0.15) is 0 Å². The van der Waals surface area contributed by atoms with Gasteiger partial charge in [-0.15, -0.1) is 0 Å². The lowest BCUT2D eigenvalue weighted by atomic mass is 10.1. The van der Waals surface area contributed by atoms with Crippen molar-refractivity contribution in [1.29, 1.82) is 0 Å². The van der Waals surface area contributed by atoms with Gasteiger partial charge in [0.15, 0.2) is 17.8 Å². The van der Waals surface area contributed by atoms with Crippen LogP contribution in [-0.2, 0) is 0 Å². The highest BCUT2D eigenvalue weighted by atomic mass is 32.2. The van der Waals surface area contributed by atoms with Crippen LogP contribution in [0.15, 0.2) is 18.3 Å². The molecule has 0 aliphatic carbocycles. The summed E-state index contributed by atoms with van der Waals surface area (Å²) in [6.07, 6.45) is 5.06. The van der Waals surface area contributed by atoms with Crippen LogP contribution >= 0.6 is 11.8 Å². The zero-order valence-corrected chi connectivity index (χ0v) is 10.2. The van der Waals surface area contributed by atoms with Crippen molar-refractivity contribution < 1.29 is 4.79 Å². The Hall–Kier alpha value is -1.36. The summed E-state index contributed by atoms with van der Waals surface area (Å²) in [5.41, 5.74) is 1.28. The average molecular weight is 247 g/mol. The predicted molar refractivity (Wildman–Crippen MR) is 67.7 cm³/mol. The Labute approximate surface area is 103 Å². The molecule has 1 aliphatic rings. The number of thioether (sulfide) groups is 1. The molecular weight excluding hydrogens is 234 g/mol. The Bertz CT molecular complexity index is 546. The lowest BCUT2D eigenvalue weighted by molar-refractivity contribution is 0.112. The first-order chi connectivity index (χ1) is 8.38. The van der Waals surface area contributed by atoms with E-state index in [1.54, 1.807) is 10.6 Å². The number of aromatic nitrogens is 3. The normalized spacial score (nSPS) is 20.6. The van der Waals surface area contributed by atoms with Gasteiger partial charge in [0.25, 0.3) is 0 Å². The van der Waals surface area contributed by atoms with E-state index in [1.807, 2.05) is 24.0 Å². The molecule has 0 N–H and O–H groups in total. The monoisotopic (exact) mass is 247 g/mol. The second-order valence-corrected chi connectivity index (χ2v) is 5.38. The van der Waals surface area contributed by atoms with Crippen molar-refractivity contribution in [3.8, 4) is 0 Å². The van der Waals surface area contributed by atoms with Crippen molar-refractivity contribution >= 4 is 23.7 Å². The fourth-order valence-electron chi connectivity index (χ4n) is 2.15. The zero-order valence-electron chi connectivity index (χ0n) is 9.37. The SMILES string of the molecule is O=Cc1cccn2nc(C3CCCSC3)nc12. The molecule has 1 saturated heterocycles. The number of carbonyl (C=O) groups is 1. The van der Waals surface area contributed by atoms with Crippen molar-refractivity contribution in [2.45, 2.75) is 18.8 Å². The molecule has 0 radical (unpaired) electrons. The van der Waals surface area contributed by atoms with Crippen LogP contribution in [-0.4, -0.2) is 32.4 Å². The van der Waals surface area contributed by atoms with Crippen molar-refractivity contribution in [2.24, 2.45) is 0 Å². The standard InChI is InChI=1S/C12H13N3OS/c16-7-9-3-1-5-15-12(9)13-11(14-15)10-4-2-6-17-8-10/h1,3,5,7,10H,2,4,6,8H2. The van der Waals surface area contributed by atoms with Crippen molar-refractivity contribution in [3.05, 3.63) is 29.7 Å². The highest BCUT2D eigenvalue weighted by molar-refractivity contribution is 7.99. The highest BCUT2D eigenvalue weighted by Crippen LogP contribution is 2.29. The second kappa shape index (κ2) is 4.49. The predicted octanol–water partition coefficient (Wildman–Crippen LogP) is 2.15. The molecular formula is C12H13N3OS. The lowest BCUT2D eigenvalue weighted by Gasteiger charge is -2.17. The van der Waals surface area contributed by atoms with Gasteiger partial charge in [-0.1, -0.05) is 0 Å². The smallest absolute Gasteiger partial charge is 0.166 e. The summed E-state index contributed by atoms with van der Waals surface area (Å²) in [7, 11) is 0. The number of rotatable bonds is 2. The molecule has 2 aromatic heterocycles. The molecule has 3 rings (SSSR count). The van der Waals surface area contributed by atoms with Gasteiger partial charge in [0.05, 0.1) is 5.56 Å². The number of hydrogen-bond acceptors (Lipinski definition) is 4. The maximum absolute atomic E-state index is 10.9. The summed E-state index contributed by atoms with van der Waals surface area (Å²) in [5, 5.41) is 4.48. The fourth-order valence-corrected chi connectivity index (χ4v) is 3.29. The number of pyridine rings is 1. The van der Waals surface area contributed by atoms with Crippen LogP contribution in [0.1, 0.15) is 34.9 Å². The third-order valence-corrected chi connectivity index (χ3v) is 4.28. The molecule has 1 atom stereocenters. The van der Waals surface area contributed by atoms with Crippen LogP contribution in [0.5, 0.6) is 0 Å². The topological polar surface area (TPSA) is 47.3 Å². The first-order valence-corrected chi connectivity index (χ1v) is 6.92. The van der Waals surface area contributed by atoms with Gasteiger partial charge in [0, 0.05) is 17.9 Å². The molecule has 4 nitrogen and oxygen atoms in total. The van der Waals surface area contributed by atoms with Crippen LogP contribution in [0.2, 0.25) is 0 Å². The Morgan fingerprint density at radius 3 is 3.24 bits per heavy atom. The van der Waals surface area contributed by atoms with Crippen LogP contribution in [0, 0.1) is 0 Å². The van der Waals surface area contributed by atoms with E-state index in [0.29, 0.717) is 17.1 Å². The Morgan fingerprint density at radius 2 is 2.47 bits per heavy atom. The van der Waals surface area contributed by atoms with E-state index in [2.05, 4.69) is 10.1 Å². The number of hydrogen-bond donors (Lipinski definition) is 0. The first-order valence-electron chi connectivity index (χ1n) is 5.76. The van der Waals surface area contributed by atoms with Crippen LogP contribution < -0.4 is 0 Å². The lowest BCUT2D eigenvalue weighted by Crippen LogP contribution is -2.10. The van der Waals surface area contributed by atoms with E-state index in [-0.39, 0.29) is 0 Å². The molecule has 88 valence electrons. The quantitative estimate of drug-likeness (QED) is 0.763. The maximum atomic E-state index is 10.9. The molecule has 1 unspecified atom stereocenters. The molecule has 1 fully saturated rings. The van der Waals surface area contributed by atoms with Crippen LogP contribution in [0.25, 0.3) is 5.65 Å². The Morgan fingerprint density at radius 1 is 1.53 bits per heavy atom. The number of carbonyl (C=O) groups excluding carboxylic acids is 1. The Kier molecular flexibility index (Phi) is 2.84. The minimum absolute atomic E-state index is 0.438. The van der Waals surface area contributed by atoms with Gasteiger partial charge in [-0.05, 0) is 30.7 Å². The highest BCUT2D eigenvalue weighted by Gasteiger charge is 2.20. The molecule has 0 amide bonds. The molecule has 17 heavy (non-hydrogen) atoms.